The normalized spacial score (nSPS) is 15.7. The van der Waals surface area contributed by atoms with Crippen LogP contribution in [0.2, 0.25) is 0 Å². The van der Waals surface area contributed by atoms with Gasteiger partial charge in [-0.1, -0.05) is 6.42 Å². The fraction of sp³-hybridized carbons (Fsp3) is 0.450. The number of nitrogens with one attached hydrogen (secondary N) is 1. The monoisotopic (exact) mass is 428 g/mol. The van der Waals surface area contributed by atoms with Crippen LogP contribution in [0.25, 0.3) is 10.2 Å². The van der Waals surface area contributed by atoms with Gasteiger partial charge in [0.1, 0.15) is 17.0 Å². The van der Waals surface area contributed by atoms with Crippen molar-refractivity contribution in [1.82, 2.24) is 25.1 Å². The Morgan fingerprint density at radius 3 is 2.87 bits per heavy atom. The van der Waals surface area contributed by atoms with Crippen molar-refractivity contribution < 1.29 is 14.7 Å². The van der Waals surface area contributed by atoms with E-state index in [4.69, 9.17) is 9.90 Å². The van der Waals surface area contributed by atoms with Crippen LogP contribution in [0.1, 0.15) is 35.5 Å². The third-order valence-corrected chi connectivity index (χ3v) is 6.46. The van der Waals surface area contributed by atoms with Crippen LogP contribution >= 0.6 is 11.3 Å². The molecule has 1 amide bonds. The highest BCUT2D eigenvalue weighted by molar-refractivity contribution is 7.18. The smallest absolute Gasteiger partial charge is 0.290 e. The van der Waals surface area contributed by atoms with Crippen LogP contribution in [0.4, 0.5) is 5.82 Å². The fourth-order valence-corrected chi connectivity index (χ4v) is 4.64. The SMILES string of the molecule is Cc1cc2c(N3CCn4nc(CNC(=O)C5CCC5)cc4C3)ncnc2s1.O=CO. The van der Waals surface area contributed by atoms with Crippen molar-refractivity contribution in [2.75, 3.05) is 11.4 Å². The van der Waals surface area contributed by atoms with Gasteiger partial charge in [0.2, 0.25) is 5.91 Å². The van der Waals surface area contributed by atoms with E-state index in [1.165, 1.54) is 11.3 Å². The number of amides is 1. The van der Waals surface area contributed by atoms with Crippen LogP contribution in [0.5, 0.6) is 0 Å². The van der Waals surface area contributed by atoms with Crippen LogP contribution in [0.15, 0.2) is 18.5 Å². The number of nitrogens with zero attached hydrogens (tertiary/aromatic N) is 5. The lowest BCUT2D eigenvalue weighted by Gasteiger charge is -2.28. The Morgan fingerprint density at radius 2 is 2.13 bits per heavy atom. The highest BCUT2D eigenvalue weighted by atomic mass is 32.1. The molecule has 5 rings (SSSR count). The average Bonchev–Trinajstić information content (AvgIpc) is 3.26. The van der Waals surface area contributed by atoms with Crippen molar-refractivity contribution in [3.05, 3.63) is 34.7 Å². The number of thiophene rings is 1. The Morgan fingerprint density at radius 1 is 1.33 bits per heavy atom. The molecule has 0 saturated heterocycles. The zero-order valence-corrected chi connectivity index (χ0v) is 17.6. The van der Waals surface area contributed by atoms with Gasteiger partial charge < -0.3 is 15.3 Å². The summed E-state index contributed by atoms with van der Waals surface area (Å²) in [6.45, 7) is 4.82. The standard InChI is InChI=1S/C19H22N6OS.CH2O2/c1-12-7-16-17(21-11-22-19(16)27-12)24-5-6-25-15(10-24)8-14(23-25)9-20-18(26)13-3-2-4-13;2-1-3/h7-8,11,13H,2-6,9-10H2,1H3,(H,20,26);1H,(H,2,3). The van der Waals surface area contributed by atoms with Crippen LogP contribution < -0.4 is 10.2 Å². The topological polar surface area (TPSA) is 113 Å². The number of anilines is 1. The highest BCUT2D eigenvalue weighted by Crippen LogP contribution is 2.31. The summed E-state index contributed by atoms with van der Waals surface area (Å²) in [4.78, 5) is 33.9. The fourth-order valence-electron chi connectivity index (χ4n) is 3.80. The van der Waals surface area contributed by atoms with Crippen molar-refractivity contribution in [3.63, 3.8) is 0 Å². The third-order valence-electron chi connectivity index (χ3n) is 5.50. The van der Waals surface area contributed by atoms with E-state index in [0.717, 1.165) is 59.9 Å². The maximum atomic E-state index is 12.0. The summed E-state index contributed by atoms with van der Waals surface area (Å²) in [6.07, 6.45) is 4.87. The lowest BCUT2D eigenvalue weighted by molar-refractivity contribution is -0.127. The molecule has 2 N–H and O–H groups in total. The van der Waals surface area contributed by atoms with E-state index in [9.17, 15) is 4.79 Å². The Bertz CT molecular complexity index is 1060. The third kappa shape index (κ3) is 4.13. The zero-order valence-electron chi connectivity index (χ0n) is 16.7. The van der Waals surface area contributed by atoms with E-state index in [2.05, 4.69) is 49.0 Å². The van der Waals surface area contributed by atoms with Gasteiger partial charge in [-0.25, -0.2) is 9.97 Å². The molecular weight excluding hydrogens is 404 g/mol. The van der Waals surface area contributed by atoms with E-state index in [-0.39, 0.29) is 18.3 Å². The molecule has 1 aliphatic heterocycles. The molecular formula is C20H24N6O3S. The van der Waals surface area contributed by atoms with Gasteiger partial charge in [0.25, 0.3) is 6.47 Å². The number of aromatic nitrogens is 4. The molecule has 1 saturated carbocycles. The maximum Gasteiger partial charge on any atom is 0.290 e. The van der Waals surface area contributed by atoms with Gasteiger partial charge in [-0.05, 0) is 31.9 Å². The van der Waals surface area contributed by atoms with E-state index >= 15 is 0 Å². The number of hydrogen-bond donors (Lipinski definition) is 2. The number of rotatable bonds is 4. The minimum Gasteiger partial charge on any atom is -0.483 e. The highest BCUT2D eigenvalue weighted by Gasteiger charge is 2.26. The zero-order chi connectivity index (χ0) is 21.1. The average molecular weight is 429 g/mol. The van der Waals surface area contributed by atoms with Crippen molar-refractivity contribution in [2.45, 2.75) is 45.8 Å². The molecule has 0 atom stereocenters. The number of carbonyl (C=O) groups excluding carboxylic acids is 1. The second-order valence-corrected chi connectivity index (χ2v) is 8.73. The predicted octanol–water partition coefficient (Wildman–Crippen LogP) is 2.33. The molecule has 0 spiro atoms. The molecule has 0 radical (unpaired) electrons. The van der Waals surface area contributed by atoms with Crippen molar-refractivity contribution in [2.24, 2.45) is 5.92 Å². The Balaban J connectivity index is 0.000000687. The van der Waals surface area contributed by atoms with Crippen LogP contribution in [-0.2, 0) is 29.2 Å². The van der Waals surface area contributed by atoms with Gasteiger partial charge in [-0.15, -0.1) is 11.3 Å². The number of carboxylic acid groups (broad SMARTS) is 1. The first-order valence-corrected chi connectivity index (χ1v) is 10.8. The summed E-state index contributed by atoms with van der Waals surface area (Å²) < 4.78 is 2.05. The molecule has 9 nitrogen and oxygen atoms in total. The van der Waals surface area contributed by atoms with Crippen LogP contribution in [0.3, 0.4) is 0 Å². The van der Waals surface area contributed by atoms with Crippen molar-refractivity contribution >= 4 is 39.8 Å². The summed E-state index contributed by atoms with van der Waals surface area (Å²) in [5.41, 5.74) is 2.09. The van der Waals surface area contributed by atoms with Gasteiger partial charge >= 0.3 is 0 Å². The number of aryl methyl sites for hydroxylation is 1. The largest absolute Gasteiger partial charge is 0.483 e. The molecule has 30 heavy (non-hydrogen) atoms. The molecule has 1 fully saturated rings. The van der Waals surface area contributed by atoms with E-state index in [1.807, 2.05) is 0 Å². The lowest BCUT2D eigenvalue weighted by atomic mass is 9.85. The molecule has 1 aliphatic carbocycles. The molecule has 158 valence electrons. The summed E-state index contributed by atoms with van der Waals surface area (Å²) in [6, 6.07) is 4.27. The van der Waals surface area contributed by atoms with Crippen LogP contribution in [0, 0.1) is 12.8 Å². The van der Waals surface area contributed by atoms with Gasteiger partial charge in [-0.2, -0.15) is 5.10 Å². The molecule has 2 aliphatic rings. The Labute approximate surface area is 177 Å². The number of hydrogen-bond acceptors (Lipinski definition) is 7. The molecule has 10 heteroatoms. The van der Waals surface area contributed by atoms with Gasteiger partial charge in [0.05, 0.1) is 36.4 Å². The molecule has 3 aromatic heterocycles. The summed E-state index contributed by atoms with van der Waals surface area (Å²) in [5.74, 6) is 1.38. The van der Waals surface area contributed by atoms with Crippen molar-refractivity contribution in [1.29, 1.82) is 0 Å². The van der Waals surface area contributed by atoms with Crippen molar-refractivity contribution in [3.8, 4) is 0 Å². The first kappa shape index (κ1) is 20.3. The summed E-state index contributed by atoms with van der Waals surface area (Å²) >= 11 is 1.70. The van der Waals surface area contributed by atoms with Gasteiger partial charge in [0.15, 0.2) is 0 Å². The lowest BCUT2D eigenvalue weighted by Crippen LogP contribution is -2.34. The Kier molecular flexibility index (Phi) is 5.93. The number of carbonyl (C=O) groups is 2. The molecule has 4 heterocycles. The first-order chi connectivity index (χ1) is 14.6. The predicted molar refractivity (Wildman–Crippen MR) is 113 cm³/mol. The van der Waals surface area contributed by atoms with Crippen LogP contribution in [-0.4, -0.2) is 43.8 Å². The van der Waals surface area contributed by atoms with Gasteiger partial charge in [-0.3, -0.25) is 14.3 Å². The summed E-state index contributed by atoms with van der Waals surface area (Å²) in [7, 11) is 0. The van der Waals surface area contributed by atoms with E-state index in [1.54, 1.807) is 17.7 Å². The van der Waals surface area contributed by atoms with E-state index < -0.39 is 0 Å². The van der Waals surface area contributed by atoms with E-state index in [0.29, 0.717) is 6.54 Å². The molecule has 3 aromatic rings. The number of fused-ring (bicyclic) bond motifs is 2. The Hall–Kier alpha value is -3.01. The maximum absolute atomic E-state index is 12.0. The molecule has 0 aromatic carbocycles. The molecule has 0 unspecified atom stereocenters. The minimum atomic E-state index is -0.250. The minimum absolute atomic E-state index is 0.171. The first-order valence-electron chi connectivity index (χ1n) is 9.96. The quantitative estimate of drug-likeness (QED) is 0.613. The molecule has 0 bridgehead atoms. The second-order valence-electron chi connectivity index (χ2n) is 7.50. The van der Waals surface area contributed by atoms with Gasteiger partial charge in [0, 0.05) is 17.3 Å². The second kappa shape index (κ2) is 8.78. The summed E-state index contributed by atoms with van der Waals surface area (Å²) in [5, 5.41) is 15.7.